The van der Waals surface area contributed by atoms with Gasteiger partial charge in [-0.15, -0.1) is 0 Å². The second kappa shape index (κ2) is 6.71. The molecule has 0 unspecified atom stereocenters. The monoisotopic (exact) mass is 262 g/mol. The van der Waals surface area contributed by atoms with Crippen LogP contribution >= 0.6 is 0 Å². The highest BCUT2D eigenvalue weighted by Gasteiger charge is 2.19. The Hall–Kier alpha value is -2.13. The topological polar surface area (TPSA) is 82.2 Å². The van der Waals surface area contributed by atoms with E-state index in [1.807, 2.05) is 13.1 Å². The van der Waals surface area contributed by atoms with Crippen LogP contribution in [-0.4, -0.2) is 36.0 Å². The number of nitrogens with one attached hydrogen (secondary N) is 1. The standard InChI is InChI=1S/C13H18N4O2/c1-10(2)16(3)8-7-15-12-6-4-5-11(9-14)13(12)17(18)19/h4-6,10,15H,7-8H2,1-3H3. The second-order valence-electron chi connectivity index (χ2n) is 4.57. The van der Waals surface area contributed by atoms with Gasteiger partial charge in [0.2, 0.25) is 0 Å². The number of likely N-dealkylation sites (N-methyl/N-ethyl adjacent to an activating group) is 1. The van der Waals surface area contributed by atoms with Gasteiger partial charge in [-0.3, -0.25) is 10.1 Å². The number of para-hydroxylation sites is 1. The molecule has 102 valence electrons. The van der Waals surface area contributed by atoms with Crippen LogP contribution in [0.5, 0.6) is 0 Å². The molecule has 1 aromatic rings. The zero-order valence-corrected chi connectivity index (χ0v) is 11.4. The van der Waals surface area contributed by atoms with Crippen LogP contribution in [-0.2, 0) is 0 Å². The van der Waals surface area contributed by atoms with Crippen LogP contribution < -0.4 is 5.32 Å². The minimum atomic E-state index is -0.521. The molecule has 6 heteroatoms. The van der Waals surface area contributed by atoms with E-state index in [0.717, 1.165) is 6.54 Å². The van der Waals surface area contributed by atoms with E-state index in [4.69, 9.17) is 5.26 Å². The van der Waals surface area contributed by atoms with Gasteiger partial charge in [-0.25, -0.2) is 0 Å². The predicted molar refractivity (Wildman–Crippen MR) is 74.1 cm³/mol. The zero-order chi connectivity index (χ0) is 14.4. The number of nitro groups is 1. The van der Waals surface area contributed by atoms with Crippen molar-refractivity contribution in [1.29, 1.82) is 5.26 Å². The van der Waals surface area contributed by atoms with Crippen molar-refractivity contribution >= 4 is 11.4 Å². The van der Waals surface area contributed by atoms with Crippen molar-refractivity contribution in [2.24, 2.45) is 0 Å². The number of nitriles is 1. The molecular formula is C13H18N4O2. The fourth-order valence-corrected chi connectivity index (χ4v) is 1.60. The number of nitrogens with zero attached hydrogens (tertiary/aromatic N) is 3. The molecule has 0 amide bonds. The Labute approximate surface area is 112 Å². The van der Waals surface area contributed by atoms with Gasteiger partial charge in [0.05, 0.1) is 4.92 Å². The van der Waals surface area contributed by atoms with Crippen LogP contribution in [0.15, 0.2) is 18.2 Å². The molecule has 6 nitrogen and oxygen atoms in total. The van der Waals surface area contributed by atoms with E-state index in [-0.39, 0.29) is 11.3 Å². The molecule has 0 aliphatic rings. The number of hydrogen-bond donors (Lipinski definition) is 1. The van der Waals surface area contributed by atoms with Crippen molar-refractivity contribution in [2.75, 3.05) is 25.5 Å². The van der Waals surface area contributed by atoms with Gasteiger partial charge in [0.15, 0.2) is 0 Å². The lowest BCUT2D eigenvalue weighted by Crippen LogP contribution is -2.31. The maximum Gasteiger partial charge on any atom is 0.309 e. The fraction of sp³-hybridized carbons (Fsp3) is 0.462. The largest absolute Gasteiger partial charge is 0.378 e. The third-order valence-corrected chi connectivity index (χ3v) is 3.00. The molecule has 1 aromatic carbocycles. The average Bonchev–Trinajstić information content (AvgIpc) is 2.37. The lowest BCUT2D eigenvalue weighted by Gasteiger charge is -2.21. The lowest BCUT2D eigenvalue weighted by atomic mass is 10.1. The van der Waals surface area contributed by atoms with E-state index in [0.29, 0.717) is 18.3 Å². The number of hydrogen-bond acceptors (Lipinski definition) is 5. The van der Waals surface area contributed by atoms with Gasteiger partial charge < -0.3 is 10.2 Å². The third kappa shape index (κ3) is 3.93. The van der Waals surface area contributed by atoms with Crippen molar-refractivity contribution in [3.05, 3.63) is 33.9 Å². The van der Waals surface area contributed by atoms with Crippen LogP contribution in [0.2, 0.25) is 0 Å². The third-order valence-electron chi connectivity index (χ3n) is 3.00. The molecule has 0 spiro atoms. The Balaban J connectivity index is 2.79. The Morgan fingerprint density at radius 3 is 2.74 bits per heavy atom. The van der Waals surface area contributed by atoms with Crippen molar-refractivity contribution < 1.29 is 4.92 Å². The molecular weight excluding hydrogens is 244 g/mol. The number of benzene rings is 1. The maximum atomic E-state index is 11.0. The van der Waals surface area contributed by atoms with E-state index in [2.05, 4.69) is 24.1 Å². The molecule has 0 heterocycles. The maximum absolute atomic E-state index is 11.0. The Morgan fingerprint density at radius 2 is 2.21 bits per heavy atom. The minimum absolute atomic E-state index is 0.0761. The summed E-state index contributed by atoms with van der Waals surface area (Å²) in [6.07, 6.45) is 0. The Kier molecular flexibility index (Phi) is 5.27. The Morgan fingerprint density at radius 1 is 1.53 bits per heavy atom. The first kappa shape index (κ1) is 14.9. The first-order valence-corrected chi connectivity index (χ1v) is 6.09. The molecule has 0 aromatic heterocycles. The molecule has 0 fully saturated rings. The van der Waals surface area contributed by atoms with Crippen LogP contribution in [0.1, 0.15) is 19.4 Å². The highest BCUT2D eigenvalue weighted by atomic mass is 16.6. The number of rotatable bonds is 6. The smallest absolute Gasteiger partial charge is 0.309 e. The summed E-state index contributed by atoms with van der Waals surface area (Å²) in [5.41, 5.74) is 0.311. The van der Waals surface area contributed by atoms with Crippen LogP contribution in [0.4, 0.5) is 11.4 Å². The van der Waals surface area contributed by atoms with E-state index in [1.54, 1.807) is 12.1 Å². The van der Waals surface area contributed by atoms with Gasteiger partial charge in [-0.1, -0.05) is 6.07 Å². The summed E-state index contributed by atoms with van der Waals surface area (Å²) in [6.45, 7) is 5.52. The van der Waals surface area contributed by atoms with Gasteiger partial charge in [0, 0.05) is 19.1 Å². The molecule has 19 heavy (non-hydrogen) atoms. The number of nitro benzene ring substituents is 1. The van der Waals surface area contributed by atoms with Crippen LogP contribution in [0.3, 0.4) is 0 Å². The first-order valence-electron chi connectivity index (χ1n) is 6.09. The summed E-state index contributed by atoms with van der Waals surface area (Å²) < 4.78 is 0. The summed E-state index contributed by atoms with van der Waals surface area (Å²) in [6, 6.07) is 6.97. The molecule has 0 saturated carbocycles. The van der Waals surface area contributed by atoms with Crippen molar-refractivity contribution in [3.63, 3.8) is 0 Å². The van der Waals surface area contributed by atoms with Gasteiger partial charge in [0.25, 0.3) is 0 Å². The summed E-state index contributed by atoms with van der Waals surface area (Å²) in [4.78, 5) is 12.6. The van der Waals surface area contributed by atoms with E-state index in [1.165, 1.54) is 6.07 Å². The average molecular weight is 262 g/mol. The SMILES string of the molecule is CC(C)N(C)CCNc1cccc(C#N)c1[N+](=O)[O-]. The summed E-state index contributed by atoms with van der Waals surface area (Å²) in [5, 5.41) is 22.9. The fourth-order valence-electron chi connectivity index (χ4n) is 1.60. The van der Waals surface area contributed by atoms with Crippen LogP contribution in [0.25, 0.3) is 0 Å². The molecule has 0 aliphatic heterocycles. The van der Waals surface area contributed by atoms with Crippen molar-refractivity contribution in [3.8, 4) is 6.07 Å². The molecule has 0 saturated heterocycles. The highest BCUT2D eigenvalue weighted by Crippen LogP contribution is 2.27. The predicted octanol–water partition coefficient (Wildman–Crippen LogP) is 2.22. The molecule has 0 aliphatic carbocycles. The van der Waals surface area contributed by atoms with Crippen molar-refractivity contribution in [1.82, 2.24) is 4.90 Å². The van der Waals surface area contributed by atoms with E-state index >= 15 is 0 Å². The first-order chi connectivity index (χ1) is 8.97. The zero-order valence-electron chi connectivity index (χ0n) is 11.4. The molecule has 0 radical (unpaired) electrons. The molecule has 0 atom stereocenters. The van der Waals surface area contributed by atoms with E-state index in [9.17, 15) is 10.1 Å². The van der Waals surface area contributed by atoms with Gasteiger partial charge >= 0.3 is 5.69 Å². The normalized spacial score (nSPS) is 10.5. The van der Waals surface area contributed by atoms with E-state index < -0.39 is 4.92 Å². The summed E-state index contributed by atoms with van der Waals surface area (Å²) in [5.74, 6) is 0. The Bertz CT molecular complexity index is 494. The quantitative estimate of drug-likeness (QED) is 0.628. The molecule has 0 bridgehead atoms. The molecule has 1 N–H and O–H groups in total. The second-order valence-corrected chi connectivity index (χ2v) is 4.57. The number of anilines is 1. The summed E-state index contributed by atoms with van der Waals surface area (Å²) in [7, 11) is 1.99. The van der Waals surface area contributed by atoms with Crippen molar-refractivity contribution in [2.45, 2.75) is 19.9 Å². The van der Waals surface area contributed by atoms with Gasteiger partial charge in [0.1, 0.15) is 17.3 Å². The summed E-state index contributed by atoms with van der Waals surface area (Å²) >= 11 is 0. The van der Waals surface area contributed by atoms with Crippen LogP contribution in [0, 0.1) is 21.4 Å². The minimum Gasteiger partial charge on any atom is -0.378 e. The van der Waals surface area contributed by atoms with Gasteiger partial charge in [-0.05, 0) is 33.0 Å². The van der Waals surface area contributed by atoms with Gasteiger partial charge in [-0.2, -0.15) is 5.26 Å². The highest BCUT2D eigenvalue weighted by molar-refractivity contribution is 5.68. The lowest BCUT2D eigenvalue weighted by molar-refractivity contribution is -0.384. The molecule has 1 rings (SSSR count).